The molecule has 0 unspecified atom stereocenters. The number of aryl methyl sites for hydroxylation is 2. The van der Waals surface area contributed by atoms with Crippen molar-refractivity contribution in [3.05, 3.63) is 29.3 Å². The molecule has 6 heteroatoms. The maximum atomic E-state index is 11.6. The number of anilines is 1. The number of carboxylic acid groups (broad SMARTS) is 1. The Morgan fingerprint density at radius 3 is 2.32 bits per heavy atom. The topological polar surface area (TPSA) is 98.7 Å². The highest BCUT2D eigenvalue weighted by atomic mass is 16.4. The van der Waals surface area contributed by atoms with Crippen LogP contribution in [0.2, 0.25) is 0 Å². The molecule has 0 aromatic heterocycles. The zero-order valence-corrected chi connectivity index (χ0v) is 11.1. The van der Waals surface area contributed by atoms with Crippen molar-refractivity contribution in [2.75, 3.05) is 5.32 Å². The van der Waals surface area contributed by atoms with Gasteiger partial charge in [0, 0.05) is 5.69 Å². The van der Waals surface area contributed by atoms with Crippen LogP contribution in [0, 0.1) is 13.8 Å². The van der Waals surface area contributed by atoms with Crippen molar-refractivity contribution in [3.63, 3.8) is 0 Å². The first-order valence-electron chi connectivity index (χ1n) is 5.87. The van der Waals surface area contributed by atoms with Crippen molar-refractivity contribution >= 4 is 17.7 Å². The van der Waals surface area contributed by atoms with Gasteiger partial charge in [0.1, 0.15) is 0 Å². The number of carbonyl (C=O) groups excluding carboxylic acids is 1. The van der Waals surface area contributed by atoms with Crippen molar-refractivity contribution in [2.45, 2.75) is 32.9 Å². The van der Waals surface area contributed by atoms with Crippen LogP contribution in [0.15, 0.2) is 18.2 Å². The summed E-state index contributed by atoms with van der Waals surface area (Å²) in [6.45, 7) is 5.16. The standard InChI is InChI=1S/C13H18N2O4/c1-7-4-5-10(6-8(7)2)14-13(19)15-11(9(3)16)12(17)18/h4-6,9,11,16H,1-3H3,(H,17,18)(H2,14,15,19)/t9-,11+/m1/s1. The van der Waals surface area contributed by atoms with Crippen molar-refractivity contribution in [3.8, 4) is 0 Å². The predicted molar refractivity (Wildman–Crippen MR) is 71.2 cm³/mol. The van der Waals surface area contributed by atoms with Crippen molar-refractivity contribution in [1.82, 2.24) is 5.32 Å². The molecule has 1 aromatic carbocycles. The highest BCUT2D eigenvalue weighted by molar-refractivity contribution is 5.92. The van der Waals surface area contributed by atoms with Gasteiger partial charge in [-0.3, -0.25) is 0 Å². The van der Waals surface area contributed by atoms with Crippen LogP contribution in [-0.2, 0) is 4.79 Å². The summed E-state index contributed by atoms with van der Waals surface area (Å²) in [6, 6.07) is 3.35. The molecule has 0 bridgehead atoms. The van der Waals surface area contributed by atoms with Crippen molar-refractivity contribution in [2.24, 2.45) is 0 Å². The number of amides is 2. The van der Waals surface area contributed by atoms with Gasteiger partial charge >= 0.3 is 12.0 Å². The minimum Gasteiger partial charge on any atom is -0.480 e. The monoisotopic (exact) mass is 266 g/mol. The van der Waals surface area contributed by atoms with Gasteiger partial charge in [-0.25, -0.2) is 9.59 Å². The number of aliphatic carboxylic acids is 1. The maximum Gasteiger partial charge on any atom is 0.328 e. The van der Waals surface area contributed by atoms with Gasteiger partial charge in [0.15, 0.2) is 6.04 Å². The van der Waals surface area contributed by atoms with E-state index in [4.69, 9.17) is 5.11 Å². The summed E-state index contributed by atoms with van der Waals surface area (Å²) in [5.74, 6) is -1.29. The first-order chi connectivity index (χ1) is 8.81. The van der Waals surface area contributed by atoms with Gasteiger partial charge in [-0.1, -0.05) is 6.07 Å². The SMILES string of the molecule is Cc1ccc(NC(=O)N[C@H](C(=O)O)[C@@H](C)O)cc1C. The summed E-state index contributed by atoms with van der Waals surface area (Å²) in [7, 11) is 0. The number of aliphatic hydroxyl groups is 1. The summed E-state index contributed by atoms with van der Waals surface area (Å²) in [4.78, 5) is 22.5. The zero-order valence-electron chi connectivity index (χ0n) is 11.1. The Hall–Kier alpha value is -2.08. The summed E-state index contributed by atoms with van der Waals surface area (Å²) in [5.41, 5.74) is 2.68. The third-order valence-electron chi connectivity index (χ3n) is 2.80. The maximum absolute atomic E-state index is 11.6. The Kier molecular flexibility index (Phi) is 4.88. The molecule has 2 atom stereocenters. The molecule has 19 heavy (non-hydrogen) atoms. The summed E-state index contributed by atoms with van der Waals surface area (Å²) < 4.78 is 0. The third-order valence-corrected chi connectivity index (χ3v) is 2.80. The van der Waals surface area contributed by atoms with Crippen LogP contribution >= 0.6 is 0 Å². The lowest BCUT2D eigenvalue weighted by atomic mass is 10.1. The second kappa shape index (κ2) is 6.19. The second-order valence-electron chi connectivity index (χ2n) is 4.45. The highest BCUT2D eigenvalue weighted by Gasteiger charge is 2.24. The van der Waals surface area contributed by atoms with Gasteiger partial charge in [0.05, 0.1) is 6.10 Å². The highest BCUT2D eigenvalue weighted by Crippen LogP contribution is 2.13. The van der Waals surface area contributed by atoms with Gasteiger partial charge in [0.25, 0.3) is 0 Å². The molecule has 0 saturated heterocycles. The largest absolute Gasteiger partial charge is 0.480 e. The van der Waals surface area contributed by atoms with E-state index in [0.717, 1.165) is 11.1 Å². The van der Waals surface area contributed by atoms with E-state index >= 15 is 0 Å². The van der Waals surface area contributed by atoms with Crippen molar-refractivity contribution in [1.29, 1.82) is 0 Å². The van der Waals surface area contributed by atoms with Crippen LogP contribution in [0.5, 0.6) is 0 Å². The van der Waals surface area contributed by atoms with Crippen LogP contribution in [0.4, 0.5) is 10.5 Å². The smallest absolute Gasteiger partial charge is 0.328 e. The Balaban J connectivity index is 2.69. The molecule has 4 N–H and O–H groups in total. The average molecular weight is 266 g/mol. The molecular weight excluding hydrogens is 248 g/mol. The first kappa shape index (κ1) is 15.0. The van der Waals surface area contributed by atoms with Gasteiger partial charge in [-0.2, -0.15) is 0 Å². The van der Waals surface area contributed by atoms with E-state index in [1.807, 2.05) is 19.9 Å². The fourth-order valence-electron chi connectivity index (χ4n) is 1.52. The molecule has 0 aliphatic rings. The molecule has 6 nitrogen and oxygen atoms in total. The van der Waals surface area contributed by atoms with E-state index in [9.17, 15) is 14.7 Å². The molecule has 2 amide bonds. The number of carbonyl (C=O) groups is 2. The number of hydrogen-bond acceptors (Lipinski definition) is 3. The molecule has 0 radical (unpaired) electrons. The number of hydrogen-bond donors (Lipinski definition) is 4. The molecule has 0 fully saturated rings. The molecular formula is C13H18N2O4. The second-order valence-corrected chi connectivity index (χ2v) is 4.45. The third kappa shape index (κ3) is 4.26. The summed E-state index contributed by atoms with van der Waals surface area (Å²) in [6.07, 6.45) is -1.18. The Labute approximate surface area is 111 Å². The molecule has 0 aliphatic heterocycles. The van der Waals surface area contributed by atoms with E-state index < -0.39 is 24.1 Å². The van der Waals surface area contributed by atoms with E-state index in [1.165, 1.54) is 6.92 Å². The van der Waals surface area contributed by atoms with Gasteiger partial charge in [0.2, 0.25) is 0 Å². The van der Waals surface area contributed by atoms with Gasteiger partial charge in [-0.05, 0) is 44.0 Å². The zero-order chi connectivity index (χ0) is 14.6. The average Bonchev–Trinajstić information content (AvgIpc) is 2.30. The van der Waals surface area contributed by atoms with Crippen LogP contribution in [0.25, 0.3) is 0 Å². The lowest BCUT2D eigenvalue weighted by molar-refractivity contribution is -0.141. The Bertz CT molecular complexity index is 486. The first-order valence-corrected chi connectivity index (χ1v) is 5.87. The molecule has 1 aromatic rings. The van der Waals surface area contributed by atoms with E-state index in [-0.39, 0.29) is 0 Å². The minimum atomic E-state index is -1.34. The van der Waals surface area contributed by atoms with Crippen LogP contribution < -0.4 is 10.6 Å². The number of aliphatic hydroxyl groups excluding tert-OH is 1. The molecule has 0 heterocycles. The lowest BCUT2D eigenvalue weighted by Gasteiger charge is -2.17. The predicted octanol–water partition coefficient (Wildman–Crippen LogP) is 1.26. The number of nitrogens with one attached hydrogen (secondary N) is 2. The Morgan fingerprint density at radius 2 is 1.84 bits per heavy atom. The number of rotatable bonds is 4. The summed E-state index contributed by atoms with van der Waals surface area (Å²) in [5, 5.41) is 22.8. The number of urea groups is 1. The summed E-state index contributed by atoms with van der Waals surface area (Å²) >= 11 is 0. The van der Waals surface area contributed by atoms with E-state index in [2.05, 4.69) is 10.6 Å². The quantitative estimate of drug-likeness (QED) is 0.659. The lowest BCUT2D eigenvalue weighted by Crippen LogP contribution is -2.49. The molecule has 1 rings (SSSR count). The Morgan fingerprint density at radius 1 is 1.21 bits per heavy atom. The van der Waals surface area contributed by atoms with E-state index in [1.54, 1.807) is 12.1 Å². The van der Waals surface area contributed by atoms with E-state index in [0.29, 0.717) is 5.69 Å². The fraction of sp³-hybridized carbons (Fsp3) is 0.385. The fourth-order valence-corrected chi connectivity index (χ4v) is 1.52. The number of benzene rings is 1. The van der Waals surface area contributed by atoms with Crippen LogP contribution in [0.3, 0.4) is 0 Å². The van der Waals surface area contributed by atoms with Gasteiger partial charge < -0.3 is 20.8 Å². The van der Waals surface area contributed by atoms with Crippen molar-refractivity contribution < 1.29 is 19.8 Å². The molecule has 0 spiro atoms. The van der Waals surface area contributed by atoms with Crippen LogP contribution in [0.1, 0.15) is 18.1 Å². The minimum absolute atomic E-state index is 0.565. The molecule has 104 valence electrons. The van der Waals surface area contributed by atoms with Gasteiger partial charge in [-0.15, -0.1) is 0 Å². The van der Waals surface area contributed by atoms with Crippen LogP contribution in [-0.4, -0.2) is 34.4 Å². The molecule has 0 aliphatic carbocycles. The number of carboxylic acids is 1. The molecule has 0 saturated carbocycles. The normalized spacial score (nSPS) is 13.5.